The maximum absolute atomic E-state index is 12.7. The molecule has 24 heavy (non-hydrogen) atoms. The molecule has 0 unspecified atom stereocenters. The SMILES string of the molecule is Cc1nc(-c2ncc[nH]2)sc1C(=O)NC1CCC(C(F)(F)F)CC1. The summed E-state index contributed by atoms with van der Waals surface area (Å²) in [4.78, 5) is 24.2. The van der Waals surface area contributed by atoms with Crippen LogP contribution >= 0.6 is 11.3 Å². The number of rotatable bonds is 3. The lowest BCUT2D eigenvalue weighted by atomic mass is 9.85. The third kappa shape index (κ3) is 3.61. The number of H-pyrrole nitrogens is 1. The van der Waals surface area contributed by atoms with E-state index in [9.17, 15) is 18.0 Å². The first-order chi connectivity index (χ1) is 11.3. The molecule has 5 nitrogen and oxygen atoms in total. The van der Waals surface area contributed by atoms with Crippen LogP contribution in [0.2, 0.25) is 0 Å². The number of carbonyl (C=O) groups is 1. The van der Waals surface area contributed by atoms with Crippen LogP contribution in [-0.2, 0) is 0 Å². The molecule has 1 fully saturated rings. The second kappa shape index (κ2) is 6.54. The van der Waals surface area contributed by atoms with Crippen LogP contribution in [0.3, 0.4) is 0 Å². The monoisotopic (exact) mass is 358 g/mol. The minimum absolute atomic E-state index is 0.0633. The number of imidazole rings is 1. The highest BCUT2D eigenvalue weighted by atomic mass is 32.1. The molecule has 0 aromatic carbocycles. The van der Waals surface area contributed by atoms with Crippen molar-refractivity contribution in [2.24, 2.45) is 5.92 Å². The maximum atomic E-state index is 12.7. The first kappa shape index (κ1) is 16.9. The fourth-order valence-electron chi connectivity index (χ4n) is 2.91. The van der Waals surface area contributed by atoms with Gasteiger partial charge in [0.05, 0.1) is 11.6 Å². The van der Waals surface area contributed by atoms with Gasteiger partial charge in [0.1, 0.15) is 4.88 Å². The third-order valence-corrected chi connectivity index (χ3v) is 5.39. The number of halogens is 3. The van der Waals surface area contributed by atoms with Crippen molar-refractivity contribution in [3.05, 3.63) is 23.0 Å². The Kier molecular flexibility index (Phi) is 4.62. The maximum Gasteiger partial charge on any atom is 0.391 e. The van der Waals surface area contributed by atoms with E-state index >= 15 is 0 Å². The molecule has 2 heterocycles. The molecule has 2 aromatic heterocycles. The molecule has 1 aliphatic rings. The molecule has 1 aliphatic carbocycles. The summed E-state index contributed by atoms with van der Waals surface area (Å²) < 4.78 is 38.0. The summed E-state index contributed by atoms with van der Waals surface area (Å²) in [6, 6.07) is -0.218. The smallest absolute Gasteiger partial charge is 0.349 e. The van der Waals surface area contributed by atoms with E-state index in [1.165, 1.54) is 11.3 Å². The molecule has 0 saturated heterocycles. The standard InChI is InChI=1S/C15H17F3N4OS/c1-8-11(24-14(21-8)12-19-6-7-20-12)13(23)22-10-4-2-9(3-5-10)15(16,17)18/h6-7,9-10H,2-5H2,1H3,(H,19,20)(H,22,23). The van der Waals surface area contributed by atoms with Crippen LogP contribution in [0.4, 0.5) is 13.2 Å². The molecule has 9 heteroatoms. The van der Waals surface area contributed by atoms with Gasteiger partial charge in [-0.25, -0.2) is 9.97 Å². The highest BCUT2D eigenvalue weighted by Crippen LogP contribution is 2.37. The summed E-state index contributed by atoms with van der Waals surface area (Å²) in [5.74, 6) is -0.938. The fraction of sp³-hybridized carbons (Fsp3) is 0.533. The minimum Gasteiger partial charge on any atom is -0.349 e. The highest BCUT2D eigenvalue weighted by Gasteiger charge is 2.41. The van der Waals surface area contributed by atoms with E-state index in [2.05, 4.69) is 20.3 Å². The number of amides is 1. The van der Waals surface area contributed by atoms with E-state index in [0.717, 1.165) is 0 Å². The molecule has 1 amide bonds. The molecule has 0 radical (unpaired) electrons. The third-order valence-electron chi connectivity index (χ3n) is 4.23. The fourth-order valence-corrected chi connectivity index (χ4v) is 3.84. The Labute approximate surface area is 140 Å². The summed E-state index contributed by atoms with van der Waals surface area (Å²) in [7, 11) is 0. The van der Waals surface area contributed by atoms with Crippen molar-refractivity contribution in [3.63, 3.8) is 0 Å². The molecule has 1 saturated carbocycles. The van der Waals surface area contributed by atoms with Crippen LogP contribution in [0.1, 0.15) is 41.0 Å². The normalized spacial score (nSPS) is 21.7. The molecule has 0 bridgehead atoms. The summed E-state index contributed by atoms with van der Waals surface area (Å²) >= 11 is 1.22. The van der Waals surface area contributed by atoms with E-state index in [1.54, 1.807) is 19.3 Å². The molecule has 130 valence electrons. The van der Waals surface area contributed by atoms with Gasteiger partial charge in [-0.2, -0.15) is 13.2 Å². The molecule has 2 N–H and O–H groups in total. The van der Waals surface area contributed by atoms with E-state index in [-0.39, 0.29) is 24.8 Å². The van der Waals surface area contributed by atoms with Crippen molar-refractivity contribution in [2.45, 2.75) is 44.8 Å². The number of aryl methyl sites for hydroxylation is 1. The van der Waals surface area contributed by atoms with Gasteiger partial charge in [-0.3, -0.25) is 4.79 Å². The largest absolute Gasteiger partial charge is 0.391 e. The zero-order valence-corrected chi connectivity index (χ0v) is 13.8. The van der Waals surface area contributed by atoms with Crippen molar-refractivity contribution < 1.29 is 18.0 Å². The average Bonchev–Trinajstić information content (AvgIpc) is 3.16. The molecule has 0 spiro atoms. The van der Waals surface area contributed by atoms with Gasteiger partial charge in [0.15, 0.2) is 10.8 Å². The topological polar surface area (TPSA) is 70.7 Å². The summed E-state index contributed by atoms with van der Waals surface area (Å²) in [5, 5.41) is 3.45. The Bertz CT molecular complexity index is 703. The Balaban J connectivity index is 1.62. The number of nitrogens with zero attached hydrogens (tertiary/aromatic N) is 2. The van der Waals surface area contributed by atoms with Crippen molar-refractivity contribution in [2.75, 3.05) is 0 Å². The van der Waals surface area contributed by atoms with E-state index in [4.69, 9.17) is 0 Å². The van der Waals surface area contributed by atoms with Gasteiger partial charge >= 0.3 is 6.18 Å². The zero-order chi connectivity index (χ0) is 17.3. The highest BCUT2D eigenvalue weighted by molar-refractivity contribution is 7.17. The van der Waals surface area contributed by atoms with Crippen LogP contribution in [0.15, 0.2) is 12.4 Å². The average molecular weight is 358 g/mol. The first-order valence-corrected chi connectivity index (χ1v) is 8.51. The Morgan fingerprint density at radius 2 is 2.04 bits per heavy atom. The lowest BCUT2D eigenvalue weighted by Gasteiger charge is -2.30. The van der Waals surface area contributed by atoms with E-state index in [1.807, 2.05) is 0 Å². The molecular weight excluding hydrogens is 341 g/mol. The molecule has 0 atom stereocenters. The van der Waals surface area contributed by atoms with Gasteiger partial charge < -0.3 is 10.3 Å². The van der Waals surface area contributed by atoms with Crippen LogP contribution in [0.25, 0.3) is 10.8 Å². The van der Waals surface area contributed by atoms with Gasteiger partial charge in [-0.05, 0) is 32.6 Å². The van der Waals surface area contributed by atoms with Crippen molar-refractivity contribution in [3.8, 4) is 10.8 Å². The lowest BCUT2D eigenvalue weighted by molar-refractivity contribution is -0.182. The molecule has 3 rings (SSSR count). The summed E-state index contributed by atoms with van der Waals surface area (Å²) in [5.41, 5.74) is 0.591. The number of hydrogen-bond donors (Lipinski definition) is 2. The number of aromatic amines is 1. The molecular formula is C15H17F3N4OS. The number of carbonyl (C=O) groups excluding carboxylic acids is 1. The second-order valence-electron chi connectivity index (χ2n) is 5.93. The number of hydrogen-bond acceptors (Lipinski definition) is 4. The number of alkyl halides is 3. The zero-order valence-electron chi connectivity index (χ0n) is 13.0. The summed E-state index contributed by atoms with van der Waals surface area (Å²) in [6.07, 6.45) is -0.0455. The Morgan fingerprint density at radius 1 is 1.33 bits per heavy atom. The second-order valence-corrected chi connectivity index (χ2v) is 6.93. The van der Waals surface area contributed by atoms with Crippen molar-refractivity contribution in [1.29, 1.82) is 0 Å². The predicted octanol–water partition coefficient (Wildman–Crippen LogP) is 3.69. The summed E-state index contributed by atoms with van der Waals surface area (Å²) in [6.45, 7) is 1.73. The lowest BCUT2D eigenvalue weighted by Crippen LogP contribution is -2.40. The number of aromatic nitrogens is 3. The van der Waals surface area contributed by atoms with E-state index < -0.39 is 12.1 Å². The molecule has 0 aliphatic heterocycles. The van der Waals surface area contributed by atoms with Crippen LogP contribution in [0, 0.1) is 12.8 Å². The van der Waals surface area contributed by atoms with Crippen molar-refractivity contribution in [1.82, 2.24) is 20.3 Å². The molecule has 2 aromatic rings. The van der Waals surface area contributed by atoms with Gasteiger partial charge in [-0.15, -0.1) is 11.3 Å². The van der Waals surface area contributed by atoms with Gasteiger partial charge in [0.25, 0.3) is 5.91 Å². The Morgan fingerprint density at radius 3 is 2.62 bits per heavy atom. The van der Waals surface area contributed by atoms with Gasteiger partial charge in [0.2, 0.25) is 0 Å². The van der Waals surface area contributed by atoms with Crippen LogP contribution in [0.5, 0.6) is 0 Å². The van der Waals surface area contributed by atoms with Crippen LogP contribution < -0.4 is 5.32 Å². The quantitative estimate of drug-likeness (QED) is 0.879. The Hall–Kier alpha value is -1.90. The van der Waals surface area contributed by atoms with E-state index in [0.29, 0.717) is 34.2 Å². The predicted molar refractivity (Wildman–Crippen MR) is 83.7 cm³/mol. The van der Waals surface area contributed by atoms with Gasteiger partial charge in [0, 0.05) is 18.4 Å². The number of thiazole rings is 1. The van der Waals surface area contributed by atoms with Gasteiger partial charge in [-0.1, -0.05) is 0 Å². The minimum atomic E-state index is -4.14. The first-order valence-electron chi connectivity index (χ1n) is 7.69. The number of nitrogens with one attached hydrogen (secondary N) is 2. The van der Waals surface area contributed by atoms with Crippen molar-refractivity contribution >= 4 is 17.2 Å². The van der Waals surface area contributed by atoms with Crippen LogP contribution in [-0.4, -0.2) is 33.1 Å².